The normalized spacial score (nSPS) is 12.0. The zero-order chi connectivity index (χ0) is 25.9. The van der Waals surface area contributed by atoms with E-state index in [-0.39, 0.29) is 13.0 Å². The van der Waals surface area contributed by atoms with Crippen LogP contribution in [0.2, 0.25) is 0 Å². The summed E-state index contributed by atoms with van der Waals surface area (Å²) in [4.78, 5) is 0. The third-order valence-electron chi connectivity index (χ3n) is 6.20. The van der Waals surface area contributed by atoms with Crippen molar-refractivity contribution in [3.05, 3.63) is 125 Å². The van der Waals surface area contributed by atoms with E-state index < -0.39 is 6.10 Å². The van der Waals surface area contributed by atoms with E-state index in [2.05, 4.69) is 19.1 Å². The first-order valence-corrected chi connectivity index (χ1v) is 12.8. The van der Waals surface area contributed by atoms with Gasteiger partial charge in [-0.3, -0.25) is 0 Å². The van der Waals surface area contributed by atoms with Gasteiger partial charge in [0.05, 0.1) is 6.10 Å². The zero-order valence-electron chi connectivity index (χ0n) is 21.2. The molecule has 2 N–H and O–H groups in total. The highest BCUT2D eigenvalue weighted by molar-refractivity contribution is 5.84. The van der Waals surface area contributed by atoms with Crippen molar-refractivity contribution in [2.24, 2.45) is 0 Å². The van der Waals surface area contributed by atoms with Crippen LogP contribution >= 0.6 is 0 Å². The number of benzene rings is 4. The Morgan fingerprint density at radius 2 is 1.30 bits per heavy atom. The molecule has 0 amide bonds. The number of aliphatic hydroxyl groups is 2. The fraction of sp³-hybridized carbons (Fsp3) is 0.212. The maximum Gasteiger partial charge on any atom is 0.131 e. The molecule has 0 saturated heterocycles. The molecular formula is C33H34O4. The van der Waals surface area contributed by atoms with Gasteiger partial charge in [-0.15, -0.1) is 0 Å². The average Bonchev–Trinajstić information content (AvgIpc) is 2.95. The third kappa shape index (κ3) is 7.10. The standard InChI is InChI=1S/C33H34O4/c1-2-29-30(19-18-28(35)20-21-34)33(27-16-10-5-11-17-27)32(37-24-26-14-8-4-9-15-26)22-31(29)36-23-25-12-6-3-7-13-25/h3-19,22,28,34-35H,2,20-21,23-24H2,1H3/b19-18+. The van der Waals surface area contributed by atoms with Crippen molar-refractivity contribution < 1.29 is 19.7 Å². The van der Waals surface area contributed by atoms with Crippen LogP contribution in [0.25, 0.3) is 17.2 Å². The Hall–Kier alpha value is -3.86. The minimum absolute atomic E-state index is 0.0800. The van der Waals surface area contributed by atoms with Gasteiger partial charge in [-0.05, 0) is 35.1 Å². The summed E-state index contributed by atoms with van der Waals surface area (Å²) in [6.45, 7) is 2.88. The molecule has 0 heterocycles. The molecule has 37 heavy (non-hydrogen) atoms. The van der Waals surface area contributed by atoms with Gasteiger partial charge < -0.3 is 19.7 Å². The second kappa shape index (κ2) is 13.4. The van der Waals surface area contributed by atoms with Gasteiger partial charge in [0.1, 0.15) is 24.7 Å². The lowest BCUT2D eigenvalue weighted by Crippen LogP contribution is -2.06. The van der Waals surface area contributed by atoms with Crippen molar-refractivity contribution in [2.45, 2.75) is 39.1 Å². The Bertz CT molecular complexity index is 1270. The number of hydrogen-bond acceptors (Lipinski definition) is 4. The van der Waals surface area contributed by atoms with Crippen molar-refractivity contribution in [1.82, 2.24) is 0 Å². The monoisotopic (exact) mass is 494 g/mol. The van der Waals surface area contributed by atoms with Gasteiger partial charge in [0, 0.05) is 23.8 Å². The second-order valence-electron chi connectivity index (χ2n) is 8.85. The van der Waals surface area contributed by atoms with Crippen molar-refractivity contribution in [3.8, 4) is 22.6 Å². The SMILES string of the molecule is CCc1c(OCc2ccccc2)cc(OCc2ccccc2)c(-c2ccccc2)c1/C=C/C(O)CCO. The highest BCUT2D eigenvalue weighted by Gasteiger charge is 2.20. The van der Waals surface area contributed by atoms with Crippen molar-refractivity contribution in [2.75, 3.05) is 6.61 Å². The van der Waals surface area contributed by atoms with E-state index in [0.29, 0.717) is 19.0 Å². The van der Waals surface area contributed by atoms with Gasteiger partial charge in [0.15, 0.2) is 0 Å². The Morgan fingerprint density at radius 1 is 0.757 bits per heavy atom. The number of ether oxygens (including phenoxy) is 2. The molecule has 0 saturated carbocycles. The highest BCUT2D eigenvalue weighted by atomic mass is 16.5. The van der Waals surface area contributed by atoms with Crippen molar-refractivity contribution in [1.29, 1.82) is 0 Å². The third-order valence-corrected chi connectivity index (χ3v) is 6.20. The molecule has 4 aromatic carbocycles. The van der Waals surface area contributed by atoms with E-state index in [9.17, 15) is 10.2 Å². The van der Waals surface area contributed by atoms with Crippen molar-refractivity contribution >= 4 is 6.08 Å². The summed E-state index contributed by atoms with van der Waals surface area (Å²) in [5.41, 5.74) is 6.11. The summed E-state index contributed by atoms with van der Waals surface area (Å²) >= 11 is 0. The summed E-state index contributed by atoms with van der Waals surface area (Å²) in [5.74, 6) is 1.47. The Labute approximate surface area is 219 Å². The summed E-state index contributed by atoms with van der Waals surface area (Å²) in [7, 11) is 0. The minimum Gasteiger partial charge on any atom is -0.488 e. The lowest BCUT2D eigenvalue weighted by molar-refractivity contribution is 0.171. The van der Waals surface area contributed by atoms with Crippen LogP contribution in [-0.2, 0) is 19.6 Å². The Kier molecular flexibility index (Phi) is 9.53. The molecule has 4 nitrogen and oxygen atoms in total. The van der Waals surface area contributed by atoms with Gasteiger partial charge >= 0.3 is 0 Å². The van der Waals surface area contributed by atoms with E-state index in [4.69, 9.17) is 9.47 Å². The van der Waals surface area contributed by atoms with Crippen molar-refractivity contribution in [3.63, 3.8) is 0 Å². The molecule has 4 aromatic rings. The van der Waals surface area contributed by atoms with Crippen LogP contribution in [0.5, 0.6) is 11.5 Å². The molecule has 0 fully saturated rings. The van der Waals surface area contributed by atoms with Gasteiger partial charge in [-0.2, -0.15) is 0 Å². The fourth-order valence-corrected chi connectivity index (χ4v) is 4.29. The largest absolute Gasteiger partial charge is 0.488 e. The Balaban J connectivity index is 1.83. The maximum absolute atomic E-state index is 10.4. The topological polar surface area (TPSA) is 58.9 Å². The number of aliphatic hydroxyl groups excluding tert-OH is 2. The lowest BCUT2D eigenvalue weighted by atomic mass is 9.91. The van der Waals surface area contributed by atoms with Crippen LogP contribution in [0, 0.1) is 0 Å². The molecule has 0 bridgehead atoms. The molecule has 4 heteroatoms. The molecule has 4 rings (SSSR count). The highest BCUT2D eigenvalue weighted by Crippen LogP contribution is 2.42. The molecule has 1 atom stereocenters. The Morgan fingerprint density at radius 3 is 1.84 bits per heavy atom. The minimum atomic E-state index is -0.749. The molecule has 190 valence electrons. The molecular weight excluding hydrogens is 460 g/mol. The van der Waals surface area contributed by atoms with Gasteiger partial charge in [-0.25, -0.2) is 0 Å². The van der Waals surface area contributed by atoms with E-state index in [1.165, 1.54) is 0 Å². The zero-order valence-corrected chi connectivity index (χ0v) is 21.2. The summed E-state index contributed by atoms with van der Waals surface area (Å²) in [5, 5.41) is 19.6. The first kappa shape index (κ1) is 26.2. The second-order valence-corrected chi connectivity index (χ2v) is 8.85. The first-order chi connectivity index (χ1) is 18.2. The van der Waals surface area contributed by atoms with E-state index >= 15 is 0 Å². The van der Waals surface area contributed by atoms with Gasteiger partial charge in [0.25, 0.3) is 0 Å². The van der Waals surface area contributed by atoms with E-state index in [0.717, 1.165) is 45.6 Å². The summed E-state index contributed by atoms with van der Waals surface area (Å²) in [6, 6.07) is 32.3. The van der Waals surface area contributed by atoms with E-state index in [1.54, 1.807) is 6.08 Å². The summed E-state index contributed by atoms with van der Waals surface area (Å²) < 4.78 is 12.8. The first-order valence-electron chi connectivity index (χ1n) is 12.8. The summed E-state index contributed by atoms with van der Waals surface area (Å²) in [6.07, 6.45) is 3.94. The predicted octanol–water partition coefficient (Wildman–Crippen LogP) is 6.83. The molecule has 0 aliphatic rings. The van der Waals surface area contributed by atoms with Crippen LogP contribution in [0.1, 0.15) is 35.6 Å². The molecule has 0 aliphatic carbocycles. The number of rotatable bonds is 12. The van der Waals surface area contributed by atoms with Crippen LogP contribution in [0.15, 0.2) is 103 Å². The quantitative estimate of drug-likeness (QED) is 0.227. The molecule has 0 aliphatic heterocycles. The molecule has 0 radical (unpaired) electrons. The van der Waals surface area contributed by atoms with E-state index in [1.807, 2.05) is 91.0 Å². The van der Waals surface area contributed by atoms with Gasteiger partial charge in [0.2, 0.25) is 0 Å². The molecule has 0 spiro atoms. The fourth-order valence-electron chi connectivity index (χ4n) is 4.29. The molecule has 1 unspecified atom stereocenters. The van der Waals surface area contributed by atoms with Crippen LogP contribution in [0.3, 0.4) is 0 Å². The number of hydrogen-bond donors (Lipinski definition) is 2. The van der Waals surface area contributed by atoms with Crippen LogP contribution in [-0.4, -0.2) is 22.9 Å². The maximum atomic E-state index is 10.4. The smallest absolute Gasteiger partial charge is 0.131 e. The van der Waals surface area contributed by atoms with Crippen LogP contribution in [0.4, 0.5) is 0 Å². The lowest BCUT2D eigenvalue weighted by Gasteiger charge is -2.21. The van der Waals surface area contributed by atoms with Gasteiger partial charge in [-0.1, -0.05) is 110 Å². The predicted molar refractivity (Wildman–Crippen MR) is 150 cm³/mol. The van der Waals surface area contributed by atoms with Crippen LogP contribution < -0.4 is 9.47 Å². The average molecular weight is 495 g/mol. The molecule has 0 aromatic heterocycles.